The van der Waals surface area contributed by atoms with Gasteiger partial charge in [0.05, 0.1) is 27.4 Å². The minimum absolute atomic E-state index is 0.128. The van der Waals surface area contributed by atoms with Crippen molar-refractivity contribution < 1.29 is 23.7 Å². The van der Waals surface area contributed by atoms with Crippen LogP contribution in [0.4, 0.5) is 0 Å². The molecule has 1 N–H and O–H groups in total. The first-order chi connectivity index (χ1) is 13.0. The lowest BCUT2D eigenvalue weighted by Gasteiger charge is -2.19. The van der Waals surface area contributed by atoms with Gasteiger partial charge in [0.1, 0.15) is 12.4 Å². The molecule has 0 spiro atoms. The van der Waals surface area contributed by atoms with Gasteiger partial charge in [0.15, 0.2) is 11.5 Å². The Morgan fingerprint density at radius 2 is 1.70 bits per heavy atom. The molecule has 0 saturated carbocycles. The van der Waals surface area contributed by atoms with Gasteiger partial charge in [-0.15, -0.1) is 0 Å². The molecule has 0 bridgehead atoms. The maximum absolute atomic E-state index is 12.7. The van der Waals surface area contributed by atoms with E-state index in [-0.39, 0.29) is 11.9 Å². The molecule has 0 aromatic heterocycles. The summed E-state index contributed by atoms with van der Waals surface area (Å²) in [5.74, 6) is 1.88. The van der Waals surface area contributed by atoms with E-state index in [0.717, 1.165) is 17.7 Å². The molecular weight excluding hydrogens is 346 g/mol. The molecule has 1 unspecified atom stereocenters. The van der Waals surface area contributed by atoms with Crippen molar-refractivity contribution in [3.05, 3.63) is 47.5 Å². The molecule has 6 heteroatoms. The summed E-state index contributed by atoms with van der Waals surface area (Å²) in [6.07, 6.45) is 0.738. The normalized spacial score (nSPS) is 11.4. The van der Waals surface area contributed by atoms with Crippen LogP contribution in [-0.4, -0.2) is 39.9 Å². The zero-order valence-electron chi connectivity index (χ0n) is 16.5. The number of carbonyl (C=O) groups excluding carboxylic acids is 1. The molecule has 1 atom stereocenters. The van der Waals surface area contributed by atoms with Gasteiger partial charge in [-0.25, -0.2) is 0 Å². The molecule has 0 saturated heterocycles. The van der Waals surface area contributed by atoms with Gasteiger partial charge in [-0.1, -0.05) is 19.1 Å². The molecule has 6 nitrogen and oxygen atoms in total. The lowest BCUT2D eigenvalue weighted by molar-refractivity contribution is 0.0919. The van der Waals surface area contributed by atoms with Crippen molar-refractivity contribution in [1.82, 2.24) is 5.32 Å². The first-order valence-electron chi connectivity index (χ1n) is 8.82. The van der Waals surface area contributed by atoms with Gasteiger partial charge >= 0.3 is 0 Å². The molecule has 0 heterocycles. The van der Waals surface area contributed by atoms with Crippen molar-refractivity contribution in [2.24, 2.45) is 0 Å². The second-order valence-corrected chi connectivity index (χ2v) is 6.12. The Labute approximate surface area is 160 Å². The van der Waals surface area contributed by atoms with Crippen LogP contribution in [0.15, 0.2) is 36.4 Å². The Kier molecular flexibility index (Phi) is 7.34. The quantitative estimate of drug-likeness (QED) is 0.727. The van der Waals surface area contributed by atoms with E-state index in [1.54, 1.807) is 12.1 Å². The first kappa shape index (κ1) is 20.4. The van der Waals surface area contributed by atoms with Crippen molar-refractivity contribution >= 4 is 5.91 Å². The summed E-state index contributed by atoms with van der Waals surface area (Å²) in [6, 6.07) is 11.0. The topological polar surface area (TPSA) is 66.0 Å². The van der Waals surface area contributed by atoms with E-state index in [4.69, 9.17) is 18.9 Å². The number of rotatable bonds is 9. The van der Waals surface area contributed by atoms with Crippen molar-refractivity contribution in [2.75, 3.05) is 27.9 Å². The Morgan fingerprint density at radius 1 is 1.04 bits per heavy atom. The zero-order chi connectivity index (χ0) is 19.8. The van der Waals surface area contributed by atoms with Gasteiger partial charge < -0.3 is 24.3 Å². The van der Waals surface area contributed by atoms with E-state index in [0.29, 0.717) is 29.4 Å². The Bertz CT molecular complexity index is 750. The minimum atomic E-state index is -0.228. The molecule has 27 heavy (non-hydrogen) atoms. The number of carbonyl (C=O) groups is 1. The zero-order valence-corrected chi connectivity index (χ0v) is 16.5. The Morgan fingerprint density at radius 3 is 2.22 bits per heavy atom. The summed E-state index contributed by atoms with van der Waals surface area (Å²) in [4.78, 5) is 12.7. The highest BCUT2D eigenvalue weighted by molar-refractivity contribution is 5.95. The lowest BCUT2D eigenvalue weighted by atomic mass is 10.1. The monoisotopic (exact) mass is 373 g/mol. The van der Waals surface area contributed by atoms with E-state index in [9.17, 15) is 4.79 Å². The highest BCUT2D eigenvalue weighted by Gasteiger charge is 2.19. The largest absolute Gasteiger partial charge is 0.493 e. The van der Waals surface area contributed by atoms with E-state index >= 15 is 0 Å². The van der Waals surface area contributed by atoms with Crippen molar-refractivity contribution in [1.29, 1.82) is 0 Å². The maximum Gasteiger partial charge on any atom is 0.251 e. The molecule has 0 fully saturated rings. The van der Waals surface area contributed by atoms with E-state index < -0.39 is 0 Å². The number of ether oxygens (including phenoxy) is 4. The van der Waals surface area contributed by atoms with Crippen molar-refractivity contribution in [3.8, 4) is 23.0 Å². The van der Waals surface area contributed by atoms with Crippen LogP contribution in [0, 0.1) is 6.92 Å². The molecule has 0 aliphatic heterocycles. The van der Waals surface area contributed by atoms with Crippen LogP contribution in [0.1, 0.15) is 29.3 Å². The summed E-state index contributed by atoms with van der Waals surface area (Å²) < 4.78 is 21.7. The fraction of sp³-hybridized carbons (Fsp3) is 0.381. The third-order valence-corrected chi connectivity index (χ3v) is 4.20. The second kappa shape index (κ2) is 9.71. The van der Waals surface area contributed by atoms with Crippen LogP contribution in [0.25, 0.3) is 0 Å². The average Bonchev–Trinajstić information content (AvgIpc) is 2.69. The van der Waals surface area contributed by atoms with Gasteiger partial charge in [0.25, 0.3) is 5.91 Å². The fourth-order valence-corrected chi connectivity index (χ4v) is 2.64. The first-order valence-corrected chi connectivity index (χ1v) is 8.82. The van der Waals surface area contributed by atoms with Gasteiger partial charge in [-0.2, -0.15) is 0 Å². The Hall–Kier alpha value is -2.89. The third-order valence-electron chi connectivity index (χ3n) is 4.20. The smallest absolute Gasteiger partial charge is 0.251 e. The van der Waals surface area contributed by atoms with Crippen LogP contribution in [0.5, 0.6) is 23.0 Å². The number of hydrogen-bond acceptors (Lipinski definition) is 5. The number of amides is 1. The van der Waals surface area contributed by atoms with Crippen LogP contribution in [-0.2, 0) is 0 Å². The summed E-state index contributed by atoms with van der Waals surface area (Å²) in [5, 5.41) is 2.99. The molecule has 0 aliphatic rings. The average molecular weight is 373 g/mol. The molecule has 0 aliphatic carbocycles. The number of aryl methyl sites for hydroxylation is 1. The fourth-order valence-electron chi connectivity index (χ4n) is 2.64. The summed E-state index contributed by atoms with van der Waals surface area (Å²) in [5.41, 5.74) is 1.56. The summed E-state index contributed by atoms with van der Waals surface area (Å²) >= 11 is 0. The highest BCUT2D eigenvalue weighted by Crippen LogP contribution is 2.38. The van der Waals surface area contributed by atoms with Crippen LogP contribution in [0.2, 0.25) is 0 Å². The SMILES string of the molecule is CCC(COc1cccc(C)c1)NC(=O)c1cc(OC)c(OC)c(OC)c1. The van der Waals surface area contributed by atoms with Gasteiger partial charge in [-0.05, 0) is 43.2 Å². The minimum Gasteiger partial charge on any atom is -0.493 e. The third kappa shape index (κ3) is 5.29. The molecule has 0 radical (unpaired) electrons. The van der Waals surface area contributed by atoms with Crippen LogP contribution < -0.4 is 24.3 Å². The summed E-state index contributed by atoms with van der Waals surface area (Å²) in [6.45, 7) is 4.40. The van der Waals surface area contributed by atoms with Crippen molar-refractivity contribution in [2.45, 2.75) is 26.3 Å². The molecular formula is C21H27NO5. The molecule has 2 aromatic rings. The maximum atomic E-state index is 12.7. The predicted octanol–water partition coefficient (Wildman–Crippen LogP) is 3.61. The molecule has 1 amide bonds. The lowest BCUT2D eigenvalue weighted by Crippen LogP contribution is -2.38. The van der Waals surface area contributed by atoms with Gasteiger partial charge in [-0.3, -0.25) is 4.79 Å². The predicted molar refractivity (Wildman–Crippen MR) is 104 cm³/mol. The van der Waals surface area contributed by atoms with Gasteiger partial charge in [0.2, 0.25) is 5.75 Å². The van der Waals surface area contributed by atoms with E-state index in [1.165, 1.54) is 21.3 Å². The van der Waals surface area contributed by atoms with E-state index in [1.807, 2.05) is 38.1 Å². The number of benzene rings is 2. The molecule has 2 rings (SSSR count). The van der Waals surface area contributed by atoms with Crippen LogP contribution >= 0.6 is 0 Å². The summed E-state index contributed by atoms with van der Waals surface area (Å²) in [7, 11) is 4.56. The number of methoxy groups -OCH3 is 3. The van der Waals surface area contributed by atoms with E-state index in [2.05, 4.69) is 5.32 Å². The highest BCUT2D eigenvalue weighted by atomic mass is 16.5. The number of hydrogen-bond donors (Lipinski definition) is 1. The Balaban J connectivity index is 2.09. The van der Waals surface area contributed by atoms with Crippen molar-refractivity contribution in [3.63, 3.8) is 0 Å². The molecule has 2 aromatic carbocycles. The molecule has 146 valence electrons. The standard InChI is InChI=1S/C21H27NO5/c1-6-16(13-27-17-9-7-8-14(2)10-17)22-21(23)15-11-18(24-3)20(26-5)19(12-15)25-4/h7-12,16H,6,13H2,1-5H3,(H,22,23). The second-order valence-electron chi connectivity index (χ2n) is 6.12. The van der Waals surface area contributed by atoms with Gasteiger partial charge in [0, 0.05) is 5.56 Å². The number of nitrogens with one attached hydrogen (secondary N) is 1. The van der Waals surface area contributed by atoms with Crippen LogP contribution in [0.3, 0.4) is 0 Å².